The molecule has 0 saturated heterocycles. The average Bonchev–Trinajstić information content (AvgIpc) is 3.90. The Balaban J connectivity index is 1.02. The van der Waals surface area contributed by atoms with Crippen molar-refractivity contribution in [2.24, 2.45) is 0 Å². The fraction of sp³-hybridized carbons (Fsp3) is 0. The maximum absolute atomic E-state index is 7.48. The van der Waals surface area contributed by atoms with Gasteiger partial charge in [-0.25, -0.2) is 0 Å². The molecular formula is C60H39BN2O2Si. The molecule has 0 radical (unpaired) electrons. The van der Waals surface area contributed by atoms with Gasteiger partial charge in [-0.05, 0) is 68.8 Å². The number of para-hydroxylation sites is 4. The third kappa shape index (κ3) is 5.27. The number of nitrogens with zero attached hydrogens (tertiary/aromatic N) is 2. The molecule has 2 aliphatic rings. The summed E-state index contributed by atoms with van der Waals surface area (Å²) in [5, 5.41) is 10.1. The summed E-state index contributed by atoms with van der Waals surface area (Å²) in [6, 6.07) is 86.3. The molecule has 0 unspecified atom stereocenters. The van der Waals surface area contributed by atoms with E-state index in [1.165, 1.54) is 42.3 Å². The number of fused-ring (bicyclic) bond motifs is 10. The average molecular weight is 859 g/mol. The van der Waals surface area contributed by atoms with Crippen LogP contribution in [0.15, 0.2) is 237 Å². The van der Waals surface area contributed by atoms with Crippen molar-refractivity contribution in [3.05, 3.63) is 237 Å². The molecule has 0 fully saturated rings. The molecule has 6 heteroatoms. The minimum absolute atomic E-state index is 0.401. The highest BCUT2D eigenvalue weighted by molar-refractivity contribution is 7.20. The molecule has 4 heterocycles. The predicted molar refractivity (Wildman–Crippen MR) is 276 cm³/mol. The minimum Gasteiger partial charge on any atom is -0.551 e. The van der Waals surface area contributed by atoms with Gasteiger partial charge in [-0.2, -0.15) is 0 Å². The summed E-state index contributed by atoms with van der Waals surface area (Å²) < 4.78 is 19.4. The van der Waals surface area contributed by atoms with E-state index in [4.69, 9.17) is 9.39 Å². The molecule has 0 atom stereocenters. The van der Waals surface area contributed by atoms with Crippen molar-refractivity contribution >= 4 is 90.3 Å². The zero-order valence-corrected chi connectivity index (χ0v) is 36.8. The number of rotatable bonds is 6. The van der Waals surface area contributed by atoms with Gasteiger partial charge in [-0.1, -0.05) is 182 Å². The monoisotopic (exact) mass is 858 g/mol. The summed E-state index contributed by atoms with van der Waals surface area (Å²) in [7, 11) is -2.86. The number of hydrogen-bond acceptors (Lipinski definition) is 2. The molecule has 0 aliphatic carbocycles. The lowest BCUT2D eigenvalue weighted by Crippen LogP contribution is -2.74. The Hall–Kier alpha value is -8.32. The molecule has 0 spiro atoms. The summed E-state index contributed by atoms with van der Waals surface area (Å²) in [5.41, 5.74) is 10.9. The summed E-state index contributed by atoms with van der Waals surface area (Å²) in [6.45, 7) is -0.401. The molecule has 308 valence electrons. The van der Waals surface area contributed by atoms with Gasteiger partial charge in [-0.3, -0.25) is 0 Å². The topological polar surface area (TPSA) is 28.3 Å². The zero-order valence-electron chi connectivity index (χ0n) is 35.8. The van der Waals surface area contributed by atoms with Crippen LogP contribution in [0.4, 0.5) is 0 Å². The first-order valence-corrected chi connectivity index (χ1v) is 24.7. The maximum Gasteiger partial charge on any atom is 0.434 e. The summed E-state index contributed by atoms with van der Waals surface area (Å²) in [4.78, 5) is 0. The first kappa shape index (κ1) is 37.1. The number of aromatic nitrogens is 2. The van der Waals surface area contributed by atoms with Crippen molar-refractivity contribution in [2.75, 3.05) is 0 Å². The first-order valence-electron chi connectivity index (χ1n) is 22.7. The van der Waals surface area contributed by atoms with Crippen LogP contribution in [0, 0.1) is 0 Å². The van der Waals surface area contributed by atoms with E-state index in [0.717, 1.165) is 72.7 Å². The van der Waals surface area contributed by atoms with Crippen molar-refractivity contribution < 1.29 is 9.39 Å². The third-order valence-electron chi connectivity index (χ3n) is 14.1. The first-order chi connectivity index (χ1) is 32.7. The molecule has 4 nitrogen and oxygen atoms in total. The van der Waals surface area contributed by atoms with Crippen molar-refractivity contribution in [3.63, 3.8) is 0 Å². The van der Waals surface area contributed by atoms with Gasteiger partial charge in [0.2, 0.25) is 0 Å². The highest BCUT2D eigenvalue weighted by Crippen LogP contribution is 2.43. The van der Waals surface area contributed by atoms with E-state index in [2.05, 4.69) is 246 Å². The van der Waals surface area contributed by atoms with E-state index >= 15 is 0 Å². The number of hydrogen-bond donors (Lipinski definition) is 0. The van der Waals surface area contributed by atoms with Crippen LogP contribution in [0.3, 0.4) is 0 Å². The van der Waals surface area contributed by atoms with Crippen LogP contribution in [-0.4, -0.2) is 24.1 Å². The van der Waals surface area contributed by atoms with Gasteiger partial charge in [0, 0.05) is 55.9 Å². The van der Waals surface area contributed by atoms with Gasteiger partial charge in [0.1, 0.15) is 17.2 Å². The second kappa shape index (κ2) is 14.3. The van der Waals surface area contributed by atoms with Crippen molar-refractivity contribution in [1.29, 1.82) is 0 Å². The molecule has 66 heavy (non-hydrogen) atoms. The summed E-state index contributed by atoms with van der Waals surface area (Å²) in [6.07, 6.45) is 0. The second-order valence-electron chi connectivity index (χ2n) is 17.5. The Kier molecular flexibility index (Phi) is 8.06. The van der Waals surface area contributed by atoms with Crippen molar-refractivity contribution in [3.8, 4) is 39.8 Å². The molecule has 12 aromatic rings. The van der Waals surface area contributed by atoms with Crippen LogP contribution >= 0.6 is 0 Å². The molecule has 2 aromatic heterocycles. The highest BCUT2D eigenvalue weighted by Gasteiger charge is 2.45. The Morgan fingerprint density at radius 2 is 0.788 bits per heavy atom. The molecule has 0 bridgehead atoms. The standard InChI is InChI=1S/C60H39BN2O2Si/c1-4-18-42(19-5-1)66(43-20-6-2-7-21-43,44-22-8-3-9-23-44)45-33-34-50-51-36-41(63-55-30-16-12-26-48(55)49-27-13-17-31-56(49)63)38-59-60(51)61(65-57(50)39-45)52-35-32-40(37-58(52)64-59)62-53-28-14-10-24-46(53)47-25-11-15-29-54(47)62/h1-39H. The van der Waals surface area contributed by atoms with E-state index in [9.17, 15) is 0 Å². The van der Waals surface area contributed by atoms with Crippen LogP contribution < -0.4 is 41.1 Å². The lowest BCUT2D eigenvalue weighted by atomic mass is 9.51. The van der Waals surface area contributed by atoms with Crippen molar-refractivity contribution in [1.82, 2.24) is 9.13 Å². The van der Waals surface area contributed by atoms with Gasteiger partial charge >= 0.3 is 6.92 Å². The summed E-state index contributed by atoms with van der Waals surface area (Å²) in [5.74, 6) is 2.46. The predicted octanol–water partition coefficient (Wildman–Crippen LogP) is 10.5. The van der Waals surface area contributed by atoms with Gasteiger partial charge in [-0.15, -0.1) is 0 Å². The fourth-order valence-corrected chi connectivity index (χ4v) is 16.1. The number of benzene rings is 10. The Labute approximate surface area is 383 Å². The summed E-state index contributed by atoms with van der Waals surface area (Å²) >= 11 is 0. The highest BCUT2D eigenvalue weighted by atomic mass is 28.3. The van der Waals surface area contributed by atoms with Crippen LogP contribution in [0.1, 0.15) is 0 Å². The molecule has 0 amide bonds. The Morgan fingerprint density at radius 3 is 1.30 bits per heavy atom. The fourth-order valence-electron chi connectivity index (χ4n) is 11.4. The van der Waals surface area contributed by atoms with E-state index in [1.807, 2.05) is 0 Å². The minimum atomic E-state index is -2.86. The zero-order chi connectivity index (χ0) is 43.3. The van der Waals surface area contributed by atoms with Gasteiger partial charge in [0.25, 0.3) is 0 Å². The molecule has 2 aliphatic heterocycles. The molecule has 14 rings (SSSR count). The van der Waals surface area contributed by atoms with Gasteiger partial charge in [0.05, 0.1) is 27.8 Å². The lowest BCUT2D eigenvalue weighted by molar-refractivity contribution is 0.479. The van der Waals surface area contributed by atoms with E-state index in [0.29, 0.717) is 0 Å². The van der Waals surface area contributed by atoms with Gasteiger partial charge < -0.3 is 18.5 Å². The quantitative estimate of drug-likeness (QED) is 0.123. The molecule has 10 aromatic carbocycles. The largest absolute Gasteiger partial charge is 0.551 e. The van der Waals surface area contributed by atoms with Crippen LogP contribution in [-0.2, 0) is 0 Å². The molecule has 0 N–H and O–H groups in total. The van der Waals surface area contributed by atoms with Crippen molar-refractivity contribution in [2.45, 2.75) is 0 Å². The van der Waals surface area contributed by atoms with Crippen LogP contribution in [0.25, 0.3) is 66.1 Å². The maximum atomic E-state index is 7.48. The third-order valence-corrected chi connectivity index (χ3v) is 18.9. The molecular weight excluding hydrogens is 820 g/mol. The number of ether oxygens (including phenoxy) is 1. The van der Waals surface area contributed by atoms with Gasteiger partial charge in [0.15, 0.2) is 8.07 Å². The Bertz CT molecular complexity index is 3700. The normalized spacial score (nSPS) is 12.8. The molecule has 0 saturated carbocycles. The van der Waals surface area contributed by atoms with E-state index in [-0.39, 0.29) is 0 Å². The van der Waals surface area contributed by atoms with Crippen LogP contribution in [0.2, 0.25) is 0 Å². The van der Waals surface area contributed by atoms with Crippen LogP contribution in [0.5, 0.6) is 17.2 Å². The lowest BCUT2D eigenvalue weighted by Gasteiger charge is -2.37. The second-order valence-corrected chi connectivity index (χ2v) is 21.3. The van der Waals surface area contributed by atoms with E-state index in [1.54, 1.807) is 0 Å². The Morgan fingerprint density at radius 1 is 0.333 bits per heavy atom. The smallest absolute Gasteiger partial charge is 0.434 e. The SMILES string of the molecule is c1ccc([Si](c2ccccc2)(c2ccccc2)c2ccc3c(c2)OB2c4ccc(-n5c6ccccc6c6ccccc65)cc4Oc4cc(-n5c6ccccc6c6ccccc65)cc-3c42)cc1. The van der Waals surface area contributed by atoms with E-state index < -0.39 is 15.0 Å².